The Balaban J connectivity index is 0.00000386. The summed E-state index contributed by atoms with van der Waals surface area (Å²) in [6.45, 7) is 10.8. The van der Waals surface area contributed by atoms with Crippen LogP contribution in [-0.2, 0) is 39.3 Å². The van der Waals surface area contributed by atoms with Crippen molar-refractivity contribution in [3.63, 3.8) is 0 Å². The van der Waals surface area contributed by atoms with Crippen molar-refractivity contribution in [3.8, 4) is 34.1 Å². The molecule has 47 heavy (non-hydrogen) atoms. The number of pyridine rings is 1. The van der Waals surface area contributed by atoms with Crippen molar-refractivity contribution in [1.29, 1.82) is 0 Å². The fourth-order valence-corrected chi connectivity index (χ4v) is 6.15. The van der Waals surface area contributed by atoms with E-state index in [1.807, 2.05) is 57.9 Å². The van der Waals surface area contributed by atoms with Gasteiger partial charge in [-0.15, -0.1) is 35.7 Å². The van der Waals surface area contributed by atoms with Crippen molar-refractivity contribution >= 4 is 21.8 Å². The largest absolute Gasteiger partial charge is 2.00 e. The first kappa shape index (κ1) is 32.4. The fourth-order valence-electron chi connectivity index (χ4n) is 6.15. The van der Waals surface area contributed by atoms with E-state index in [2.05, 4.69) is 77.1 Å². The van der Waals surface area contributed by atoms with Gasteiger partial charge >= 0.3 is 21.1 Å². The van der Waals surface area contributed by atoms with Crippen LogP contribution in [0, 0.1) is 17.9 Å². The number of nitrogens with zero attached hydrogens (tertiary/aromatic N) is 4. The smallest absolute Gasteiger partial charge is 0.509 e. The third-order valence-corrected chi connectivity index (χ3v) is 8.44. The molecule has 0 aliphatic carbocycles. The second kappa shape index (κ2) is 12.9. The monoisotopic (exact) mass is 801 g/mol. The molecule has 238 valence electrons. The SMILES string of the molecule is CCc1nn(-c2[c-]c(Oc3[c-]c4c(cc3)c3cc(F)ccc3n4-c3cc(C(C)(C)C)ccn3)ccc2)c(CC)c1-c1ccccc1.[Pt+2]. The zero-order chi connectivity index (χ0) is 32.0. The molecule has 0 spiro atoms. The van der Waals surface area contributed by atoms with E-state index >= 15 is 0 Å². The summed E-state index contributed by atoms with van der Waals surface area (Å²) in [5.41, 5.74) is 8.03. The Morgan fingerprint density at radius 3 is 2.34 bits per heavy atom. The Morgan fingerprint density at radius 2 is 1.60 bits per heavy atom. The number of hydrogen-bond donors (Lipinski definition) is 0. The zero-order valence-electron chi connectivity index (χ0n) is 27.0. The summed E-state index contributed by atoms with van der Waals surface area (Å²) in [5.74, 6) is 1.52. The molecule has 3 heterocycles. The topological polar surface area (TPSA) is 44.9 Å². The molecule has 3 aromatic heterocycles. The Morgan fingerprint density at radius 1 is 0.809 bits per heavy atom. The van der Waals surface area contributed by atoms with E-state index in [1.54, 1.807) is 12.1 Å². The van der Waals surface area contributed by atoms with Gasteiger partial charge in [0, 0.05) is 34.5 Å². The van der Waals surface area contributed by atoms with Crippen molar-refractivity contribution in [2.24, 2.45) is 0 Å². The molecule has 0 saturated carbocycles. The Bertz CT molecular complexity index is 2210. The minimum Gasteiger partial charge on any atom is -0.509 e. The first-order valence-electron chi connectivity index (χ1n) is 15.7. The van der Waals surface area contributed by atoms with Crippen molar-refractivity contribution in [3.05, 3.63) is 132 Å². The van der Waals surface area contributed by atoms with Crippen LogP contribution in [0.25, 0.3) is 44.4 Å². The number of aryl methyl sites for hydroxylation is 1. The molecule has 7 heteroatoms. The van der Waals surface area contributed by atoms with Gasteiger partial charge in [0.2, 0.25) is 0 Å². The maximum Gasteiger partial charge on any atom is 2.00 e. The summed E-state index contributed by atoms with van der Waals surface area (Å²) in [6, 6.07) is 36.0. The molecule has 0 aliphatic heterocycles. The zero-order valence-corrected chi connectivity index (χ0v) is 29.3. The normalized spacial score (nSPS) is 11.6. The van der Waals surface area contributed by atoms with Gasteiger partial charge in [0.15, 0.2) is 0 Å². The number of benzene rings is 4. The number of halogens is 1. The number of ether oxygens (including phenoxy) is 1. The van der Waals surface area contributed by atoms with E-state index in [0.29, 0.717) is 11.5 Å². The third-order valence-electron chi connectivity index (χ3n) is 8.44. The molecule has 0 unspecified atom stereocenters. The molecule has 0 atom stereocenters. The van der Waals surface area contributed by atoms with Gasteiger partial charge in [0.1, 0.15) is 11.6 Å². The minimum atomic E-state index is -0.290. The molecule has 7 aromatic rings. The summed E-state index contributed by atoms with van der Waals surface area (Å²) < 4.78 is 24.9. The summed E-state index contributed by atoms with van der Waals surface area (Å²) in [4.78, 5) is 4.72. The standard InChI is InChI=1S/C40H35FN4O.Pt/c1-6-34-39(26-12-9-8-10-13-26)35(7-2)45(43-34)29-14-11-15-30(24-29)46-31-17-18-32-33-23-28(41)16-19-36(33)44(37(32)25-31)38-22-27(20-21-42-38)40(3,4)5;/h8-23H,6-7H2,1-5H3;/q-2;+2. The molecule has 0 saturated heterocycles. The van der Waals surface area contributed by atoms with Crippen LogP contribution in [0.2, 0.25) is 0 Å². The van der Waals surface area contributed by atoms with Crippen LogP contribution >= 0.6 is 0 Å². The molecule has 4 aromatic carbocycles. The molecule has 0 aliphatic rings. The Labute approximate surface area is 289 Å². The van der Waals surface area contributed by atoms with Gasteiger partial charge in [-0.05, 0) is 70.8 Å². The fraction of sp³-hybridized carbons (Fsp3) is 0.200. The maximum atomic E-state index is 14.5. The summed E-state index contributed by atoms with van der Waals surface area (Å²) >= 11 is 0. The second-order valence-corrected chi connectivity index (χ2v) is 12.5. The predicted octanol–water partition coefficient (Wildman–Crippen LogP) is 9.98. The van der Waals surface area contributed by atoms with Crippen LogP contribution in [0.15, 0.2) is 97.2 Å². The van der Waals surface area contributed by atoms with Crippen molar-refractivity contribution in [2.45, 2.75) is 52.9 Å². The van der Waals surface area contributed by atoms with Crippen LogP contribution in [-0.4, -0.2) is 19.3 Å². The molecule has 0 fully saturated rings. The number of rotatable bonds is 7. The van der Waals surface area contributed by atoms with Crippen molar-refractivity contribution in [2.75, 3.05) is 0 Å². The molecule has 0 amide bonds. The molecule has 5 nitrogen and oxygen atoms in total. The average molecular weight is 802 g/mol. The summed E-state index contributed by atoms with van der Waals surface area (Å²) in [6.07, 6.45) is 3.46. The Kier molecular flexibility index (Phi) is 8.91. The van der Waals surface area contributed by atoms with Crippen LogP contribution in [0.4, 0.5) is 4.39 Å². The van der Waals surface area contributed by atoms with E-state index in [9.17, 15) is 4.39 Å². The van der Waals surface area contributed by atoms with Gasteiger partial charge in [-0.3, -0.25) is 4.68 Å². The van der Waals surface area contributed by atoms with Gasteiger partial charge < -0.3 is 9.30 Å². The van der Waals surface area contributed by atoms with Crippen LogP contribution in [0.5, 0.6) is 11.5 Å². The second-order valence-electron chi connectivity index (χ2n) is 12.5. The van der Waals surface area contributed by atoms with Crippen LogP contribution < -0.4 is 4.74 Å². The first-order valence-corrected chi connectivity index (χ1v) is 15.7. The van der Waals surface area contributed by atoms with E-state index in [-0.39, 0.29) is 32.3 Å². The van der Waals surface area contributed by atoms with E-state index in [1.165, 1.54) is 11.6 Å². The van der Waals surface area contributed by atoms with Gasteiger partial charge in [0.25, 0.3) is 0 Å². The third kappa shape index (κ3) is 6.03. The van der Waals surface area contributed by atoms with E-state index in [0.717, 1.165) is 68.7 Å². The van der Waals surface area contributed by atoms with Gasteiger partial charge in [-0.2, -0.15) is 17.2 Å². The quantitative estimate of drug-likeness (QED) is 0.151. The van der Waals surface area contributed by atoms with Crippen molar-refractivity contribution < 1.29 is 30.2 Å². The first-order chi connectivity index (χ1) is 22.2. The van der Waals surface area contributed by atoms with Gasteiger partial charge in [0.05, 0.1) is 5.69 Å². The molecular weight excluding hydrogens is 767 g/mol. The number of fused-ring (bicyclic) bond motifs is 3. The molecule has 0 radical (unpaired) electrons. The Hall–Kier alpha value is -4.54. The van der Waals surface area contributed by atoms with Crippen molar-refractivity contribution in [1.82, 2.24) is 19.3 Å². The molecular formula is C40H35FN4OPt. The van der Waals surface area contributed by atoms with E-state index < -0.39 is 0 Å². The van der Waals surface area contributed by atoms with E-state index in [4.69, 9.17) is 14.8 Å². The average Bonchev–Trinajstić information content (AvgIpc) is 3.60. The summed E-state index contributed by atoms with van der Waals surface area (Å²) in [7, 11) is 0. The predicted molar refractivity (Wildman–Crippen MR) is 183 cm³/mol. The number of hydrogen-bond acceptors (Lipinski definition) is 3. The minimum absolute atomic E-state index is 0. The maximum absolute atomic E-state index is 14.5. The van der Waals surface area contributed by atoms with Gasteiger partial charge in [-0.25, -0.2) is 9.37 Å². The number of aromatic nitrogens is 4. The van der Waals surface area contributed by atoms with Gasteiger partial charge in [-0.1, -0.05) is 70.5 Å². The van der Waals surface area contributed by atoms with Crippen LogP contribution in [0.1, 0.15) is 51.6 Å². The van der Waals surface area contributed by atoms with Crippen LogP contribution in [0.3, 0.4) is 0 Å². The summed E-state index contributed by atoms with van der Waals surface area (Å²) in [5, 5.41) is 6.68. The molecule has 0 bridgehead atoms. The molecule has 0 N–H and O–H groups in total. The molecule has 7 rings (SSSR count).